The van der Waals surface area contributed by atoms with Gasteiger partial charge in [-0.2, -0.15) is 5.10 Å². The summed E-state index contributed by atoms with van der Waals surface area (Å²) < 4.78 is 1.75. The average Bonchev–Trinajstić information content (AvgIpc) is 3.07. The second kappa shape index (κ2) is 9.57. The van der Waals surface area contributed by atoms with Crippen LogP contribution in [0.4, 0.5) is 0 Å². The molecule has 1 fully saturated rings. The van der Waals surface area contributed by atoms with Crippen molar-refractivity contribution in [1.82, 2.24) is 24.6 Å². The number of likely N-dealkylation sites (N-methyl/N-ethyl adjacent to an activating group) is 1. The number of rotatable bonds is 6. The van der Waals surface area contributed by atoms with Crippen molar-refractivity contribution in [2.45, 2.75) is 46.7 Å². The van der Waals surface area contributed by atoms with E-state index >= 15 is 0 Å². The first-order valence-electron chi connectivity index (χ1n) is 11.5. The average molecular weight is 446 g/mol. The van der Waals surface area contributed by atoms with Gasteiger partial charge in [0.1, 0.15) is 12.6 Å². The van der Waals surface area contributed by atoms with Crippen LogP contribution in [-0.2, 0) is 22.6 Å². The van der Waals surface area contributed by atoms with Gasteiger partial charge in [0.15, 0.2) is 0 Å². The van der Waals surface area contributed by atoms with E-state index in [0.717, 1.165) is 33.6 Å². The zero-order chi connectivity index (χ0) is 23.5. The Kier molecular flexibility index (Phi) is 6.58. The standard InChI is InChI=1S/C26H31N5O2/c1-5-29-14-15-30(25(32)17-31-20(4)18(2)19(3)28-31)24(26(29)33)16-21-6-8-22(9-7-21)23-10-12-27-13-11-23/h6-13,24H,5,14-17H2,1-4H3. The molecule has 1 atom stereocenters. The number of pyridine rings is 1. The first-order valence-corrected chi connectivity index (χ1v) is 11.5. The minimum Gasteiger partial charge on any atom is -0.339 e. The van der Waals surface area contributed by atoms with E-state index in [1.54, 1.807) is 22.0 Å². The van der Waals surface area contributed by atoms with Crippen molar-refractivity contribution < 1.29 is 9.59 Å². The summed E-state index contributed by atoms with van der Waals surface area (Å²) in [6.07, 6.45) is 4.04. The molecule has 3 heterocycles. The van der Waals surface area contributed by atoms with Gasteiger partial charge in [-0.1, -0.05) is 24.3 Å². The molecule has 1 aliphatic heterocycles. The number of aromatic nitrogens is 3. The molecule has 7 heteroatoms. The van der Waals surface area contributed by atoms with Crippen molar-refractivity contribution in [3.05, 3.63) is 71.3 Å². The highest BCUT2D eigenvalue weighted by Gasteiger charge is 2.37. The third kappa shape index (κ3) is 4.67. The van der Waals surface area contributed by atoms with Crippen LogP contribution < -0.4 is 0 Å². The molecule has 0 bridgehead atoms. The van der Waals surface area contributed by atoms with Gasteiger partial charge in [0.25, 0.3) is 0 Å². The molecule has 4 rings (SSSR count). The molecule has 1 saturated heterocycles. The third-order valence-electron chi connectivity index (χ3n) is 6.71. The number of amides is 2. The molecule has 172 valence electrons. The highest BCUT2D eigenvalue weighted by molar-refractivity contribution is 5.89. The number of hydrogen-bond acceptors (Lipinski definition) is 4. The van der Waals surface area contributed by atoms with Crippen molar-refractivity contribution in [2.24, 2.45) is 0 Å². The van der Waals surface area contributed by atoms with Crippen LogP contribution in [0.2, 0.25) is 0 Å². The smallest absolute Gasteiger partial charge is 0.245 e. The van der Waals surface area contributed by atoms with Crippen LogP contribution in [0.15, 0.2) is 48.8 Å². The topological polar surface area (TPSA) is 71.3 Å². The quantitative estimate of drug-likeness (QED) is 0.584. The summed E-state index contributed by atoms with van der Waals surface area (Å²) in [5, 5.41) is 4.51. The van der Waals surface area contributed by atoms with Gasteiger partial charge in [-0.05, 0) is 62.1 Å². The molecule has 1 unspecified atom stereocenters. The highest BCUT2D eigenvalue weighted by Crippen LogP contribution is 2.22. The lowest BCUT2D eigenvalue weighted by Crippen LogP contribution is -2.59. The number of carbonyl (C=O) groups excluding carboxylic acids is 2. The van der Waals surface area contributed by atoms with Crippen LogP contribution >= 0.6 is 0 Å². The molecule has 0 aliphatic carbocycles. The van der Waals surface area contributed by atoms with Gasteiger partial charge in [-0.3, -0.25) is 19.3 Å². The van der Waals surface area contributed by atoms with E-state index in [1.807, 2.05) is 56.9 Å². The lowest BCUT2D eigenvalue weighted by Gasteiger charge is -2.40. The fourth-order valence-corrected chi connectivity index (χ4v) is 4.41. The van der Waals surface area contributed by atoms with Gasteiger partial charge < -0.3 is 9.80 Å². The van der Waals surface area contributed by atoms with Crippen LogP contribution in [0.5, 0.6) is 0 Å². The Morgan fingerprint density at radius 2 is 1.67 bits per heavy atom. The Morgan fingerprint density at radius 1 is 1.00 bits per heavy atom. The summed E-state index contributed by atoms with van der Waals surface area (Å²) in [4.78, 5) is 34.2. The summed E-state index contributed by atoms with van der Waals surface area (Å²) in [6.45, 7) is 9.82. The molecule has 0 N–H and O–H groups in total. The van der Waals surface area contributed by atoms with E-state index < -0.39 is 6.04 Å². The number of nitrogens with zero attached hydrogens (tertiary/aromatic N) is 5. The van der Waals surface area contributed by atoms with Gasteiger partial charge in [-0.25, -0.2) is 0 Å². The lowest BCUT2D eigenvalue weighted by atomic mass is 9.98. The Hall–Kier alpha value is -3.48. The van der Waals surface area contributed by atoms with E-state index in [1.165, 1.54) is 0 Å². The largest absolute Gasteiger partial charge is 0.339 e. The molecular formula is C26H31N5O2. The Labute approximate surface area is 195 Å². The molecule has 33 heavy (non-hydrogen) atoms. The highest BCUT2D eigenvalue weighted by atomic mass is 16.2. The number of aryl methyl sites for hydroxylation is 1. The molecule has 2 aromatic heterocycles. The number of hydrogen-bond donors (Lipinski definition) is 0. The van der Waals surface area contributed by atoms with Crippen LogP contribution in [0.1, 0.15) is 29.4 Å². The first-order chi connectivity index (χ1) is 15.9. The molecule has 0 saturated carbocycles. The fraction of sp³-hybridized carbons (Fsp3) is 0.385. The summed E-state index contributed by atoms with van der Waals surface area (Å²) in [5.74, 6) is -0.0528. The van der Waals surface area contributed by atoms with Gasteiger partial charge in [-0.15, -0.1) is 0 Å². The normalized spacial score (nSPS) is 16.4. The predicted octanol–water partition coefficient (Wildman–Crippen LogP) is 3.17. The molecule has 0 spiro atoms. The summed E-state index contributed by atoms with van der Waals surface area (Å²) in [6, 6.07) is 11.6. The van der Waals surface area contributed by atoms with Crippen molar-refractivity contribution in [1.29, 1.82) is 0 Å². The number of piperazine rings is 1. The van der Waals surface area contributed by atoms with Gasteiger partial charge >= 0.3 is 0 Å². The minimum absolute atomic E-state index is 0.0138. The van der Waals surface area contributed by atoms with Gasteiger partial charge in [0.2, 0.25) is 11.8 Å². The van der Waals surface area contributed by atoms with Crippen LogP contribution in [0.25, 0.3) is 11.1 Å². The minimum atomic E-state index is -0.504. The van der Waals surface area contributed by atoms with E-state index in [9.17, 15) is 9.59 Å². The second-order valence-electron chi connectivity index (χ2n) is 8.61. The maximum Gasteiger partial charge on any atom is 0.245 e. The van der Waals surface area contributed by atoms with Crippen molar-refractivity contribution >= 4 is 11.8 Å². The predicted molar refractivity (Wildman–Crippen MR) is 128 cm³/mol. The molecule has 1 aliphatic rings. The third-order valence-corrected chi connectivity index (χ3v) is 6.71. The van der Waals surface area contributed by atoms with E-state index in [2.05, 4.69) is 22.2 Å². The number of carbonyl (C=O) groups is 2. The molecule has 3 aromatic rings. The summed E-state index contributed by atoms with van der Waals surface area (Å²) in [5.41, 5.74) is 6.24. The zero-order valence-electron chi connectivity index (χ0n) is 19.8. The Bertz CT molecular complexity index is 1140. The molecule has 0 radical (unpaired) electrons. The van der Waals surface area contributed by atoms with Crippen LogP contribution in [0.3, 0.4) is 0 Å². The molecule has 1 aromatic carbocycles. The van der Waals surface area contributed by atoms with E-state index in [4.69, 9.17) is 0 Å². The molecule has 2 amide bonds. The fourth-order valence-electron chi connectivity index (χ4n) is 4.41. The Balaban J connectivity index is 1.55. The summed E-state index contributed by atoms with van der Waals surface area (Å²) >= 11 is 0. The zero-order valence-corrected chi connectivity index (χ0v) is 19.8. The summed E-state index contributed by atoms with van der Waals surface area (Å²) in [7, 11) is 0. The maximum absolute atomic E-state index is 13.3. The van der Waals surface area contributed by atoms with Crippen LogP contribution in [-0.4, -0.2) is 62.1 Å². The maximum atomic E-state index is 13.3. The number of benzene rings is 1. The molecular weight excluding hydrogens is 414 g/mol. The first kappa shape index (κ1) is 22.7. The monoisotopic (exact) mass is 445 g/mol. The van der Waals surface area contributed by atoms with E-state index in [-0.39, 0.29) is 18.4 Å². The molecule has 7 nitrogen and oxygen atoms in total. The lowest BCUT2D eigenvalue weighted by molar-refractivity contribution is -0.151. The van der Waals surface area contributed by atoms with E-state index in [0.29, 0.717) is 26.1 Å². The van der Waals surface area contributed by atoms with Gasteiger partial charge in [0.05, 0.1) is 5.69 Å². The van der Waals surface area contributed by atoms with Crippen LogP contribution in [0, 0.1) is 20.8 Å². The van der Waals surface area contributed by atoms with Crippen molar-refractivity contribution in [2.75, 3.05) is 19.6 Å². The van der Waals surface area contributed by atoms with Crippen molar-refractivity contribution in [3.8, 4) is 11.1 Å². The van der Waals surface area contributed by atoms with Gasteiger partial charge in [0, 0.05) is 44.1 Å². The Morgan fingerprint density at radius 3 is 2.27 bits per heavy atom. The SMILES string of the molecule is CCN1CCN(C(=O)Cn2nc(C)c(C)c2C)C(Cc2ccc(-c3ccncc3)cc2)C1=O. The van der Waals surface area contributed by atoms with Crippen molar-refractivity contribution in [3.63, 3.8) is 0 Å². The second-order valence-corrected chi connectivity index (χ2v) is 8.61.